The van der Waals surface area contributed by atoms with Gasteiger partial charge in [0.1, 0.15) is 5.60 Å². The van der Waals surface area contributed by atoms with Crippen LogP contribution in [-0.4, -0.2) is 24.5 Å². The molecule has 14 heavy (non-hydrogen) atoms. The van der Waals surface area contributed by atoms with Gasteiger partial charge in [0.05, 0.1) is 0 Å². The molecule has 1 N–H and O–H groups in total. The molecule has 4 heteroatoms. The van der Waals surface area contributed by atoms with Crippen molar-refractivity contribution in [2.75, 3.05) is 6.54 Å². The number of amides is 1. The zero-order valence-electron chi connectivity index (χ0n) is 9.22. The molecule has 0 heterocycles. The van der Waals surface area contributed by atoms with Crippen molar-refractivity contribution < 1.29 is 14.3 Å². The largest absolute Gasteiger partial charge is 0.460 e. The Morgan fingerprint density at radius 3 is 2.50 bits per heavy atom. The molecule has 0 aliphatic carbocycles. The zero-order chi connectivity index (χ0) is 11.2. The van der Waals surface area contributed by atoms with E-state index in [1.165, 1.54) is 0 Å². The number of nitrogens with one attached hydrogen (secondary N) is 1. The lowest BCUT2D eigenvalue weighted by Crippen LogP contribution is -2.27. The molecule has 0 bridgehead atoms. The first kappa shape index (κ1) is 12.9. The summed E-state index contributed by atoms with van der Waals surface area (Å²) >= 11 is 0. The third kappa shape index (κ3) is 7.58. The smallest absolute Gasteiger partial charge is 0.309 e. The third-order valence-electron chi connectivity index (χ3n) is 1.46. The van der Waals surface area contributed by atoms with E-state index in [1.807, 2.05) is 27.7 Å². The van der Waals surface area contributed by atoms with Crippen LogP contribution in [0.15, 0.2) is 0 Å². The van der Waals surface area contributed by atoms with Crippen LogP contribution >= 0.6 is 0 Å². The van der Waals surface area contributed by atoms with E-state index < -0.39 is 5.60 Å². The lowest BCUT2D eigenvalue weighted by molar-refractivity contribution is -0.155. The molecule has 81 valence electrons. The van der Waals surface area contributed by atoms with Gasteiger partial charge in [0.15, 0.2) is 0 Å². The van der Waals surface area contributed by atoms with Crippen molar-refractivity contribution in [2.24, 2.45) is 5.92 Å². The van der Waals surface area contributed by atoms with Crippen LogP contribution in [0.4, 0.5) is 0 Å². The predicted molar refractivity (Wildman–Crippen MR) is 53.3 cm³/mol. The van der Waals surface area contributed by atoms with Crippen molar-refractivity contribution in [1.82, 2.24) is 5.32 Å². The van der Waals surface area contributed by atoms with Gasteiger partial charge in [0.2, 0.25) is 0 Å². The van der Waals surface area contributed by atoms with E-state index in [1.54, 1.807) is 6.41 Å². The highest BCUT2D eigenvalue weighted by atomic mass is 16.6. The Bertz CT molecular complexity index is 196. The van der Waals surface area contributed by atoms with Crippen molar-refractivity contribution in [3.05, 3.63) is 0 Å². The highest BCUT2D eigenvalue weighted by Crippen LogP contribution is 2.11. The molecule has 0 fully saturated rings. The molecule has 0 saturated heterocycles. The van der Waals surface area contributed by atoms with Crippen molar-refractivity contribution in [2.45, 2.75) is 39.7 Å². The quantitative estimate of drug-likeness (QED) is 0.532. The average molecular weight is 200 g/mol. The van der Waals surface area contributed by atoms with Crippen LogP contribution in [0, 0.1) is 5.92 Å². The second kappa shape index (κ2) is 5.62. The van der Waals surface area contributed by atoms with Gasteiger partial charge in [0.25, 0.3) is 0 Å². The van der Waals surface area contributed by atoms with E-state index in [2.05, 4.69) is 5.32 Å². The van der Waals surface area contributed by atoms with Crippen LogP contribution in [-0.2, 0) is 14.3 Å². The summed E-state index contributed by atoms with van der Waals surface area (Å²) < 4.78 is 5.12. The highest BCUT2D eigenvalue weighted by molar-refractivity contribution is 5.70. The first-order valence-electron chi connectivity index (χ1n) is 4.67. The number of rotatable bonds is 5. The number of esters is 1. The highest BCUT2D eigenvalue weighted by Gasteiger charge is 2.18. The maximum atomic E-state index is 11.3. The summed E-state index contributed by atoms with van der Waals surface area (Å²) in [5.41, 5.74) is -0.443. The monoisotopic (exact) mass is 200 g/mol. The van der Waals surface area contributed by atoms with Crippen LogP contribution in [0.25, 0.3) is 0 Å². The van der Waals surface area contributed by atoms with E-state index >= 15 is 0 Å². The lowest BCUT2D eigenvalue weighted by Gasteiger charge is -2.20. The number of ether oxygens (including phenoxy) is 1. The Labute approximate surface area is 85.0 Å². The van der Waals surface area contributed by atoms with Crippen LogP contribution in [0.3, 0.4) is 0 Å². The Balaban J connectivity index is 3.76. The normalized spacial score (nSPS) is 13.1. The van der Waals surface area contributed by atoms with Gasteiger partial charge in [-0.1, -0.05) is 6.92 Å². The molecule has 0 aliphatic heterocycles. The molecule has 0 spiro atoms. The van der Waals surface area contributed by atoms with Gasteiger partial charge in [-0.2, -0.15) is 0 Å². The summed E-state index contributed by atoms with van der Waals surface area (Å²) in [6, 6.07) is 0. The minimum Gasteiger partial charge on any atom is -0.460 e. The van der Waals surface area contributed by atoms with Gasteiger partial charge < -0.3 is 10.1 Å². The van der Waals surface area contributed by atoms with Crippen molar-refractivity contribution in [1.29, 1.82) is 0 Å². The maximum Gasteiger partial charge on any atom is 0.309 e. The fourth-order valence-electron chi connectivity index (χ4n) is 0.956. The second-order valence-corrected chi connectivity index (χ2v) is 4.38. The molecule has 0 aromatic heterocycles. The lowest BCUT2D eigenvalue weighted by atomic mass is 10.1. The van der Waals surface area contributed by atoms with Gasteiger partial charge in [0, 0.05) is 13.0 Å². The van der Waals surface area contributed by atoms with Crippen LogP contribution in [0.2, 0.25) is 0 Å². The molecular weight excluding hydrogens is 182 g/mol. The summed E-state index contributed by atoms with van der Waals surface area (Å²) in [4.78, 5) is 21.2. The molecule has 1 radical (unpaired) electrons. The van der Waals surface area contributed by atoms with E-state index in [0.717, 1.165) is 0 Å². The number of hydrogen-bond donors (Lipinski definition) is 1. The van der Waals surface area contributed by atoms with Gasteiger partial charge in [-0.25, -0.2) is 0 Å². The van der Waals surface area contributed by atoms with Crippen molar-refractivity contribution in [3.8, 4) is 0 Å². The average Bonchev–Trinajstić information content (AvgIpc) is 1.96. The van der Waals surface area contributed by atoms with Gasteiger partial charge in [-0.05, 0) is 26.7 Å². The van der Waals surface area contributed by atoms with E-state index in [4.69, 9.17) is 4.74 Å². The Kier molecular flexibility index (Phi) is 5.20. The minimum absolute atomic E-state index is 0.0753. The molecule has 0 rings (SSSR count). The van der Waals surface area contributed by atoms with Crippen LogP contribution in [0.5, 0.6) is 0 Å². The van der Waals surface area contributed by atoms with Gasteiger partial charge >= 0.3 is 12.4 Å². The Hall–Kier alpha value is -1.06. The fourth-order valence-corrected chi connectivity index (χ4v) is 0.956. The van der Waals surface area contributed by atoms with Gasteiger partial charge in [-0.15, -0.1) is 0 Å². The zero-order valence-corrected chi connectivity index (χ0v) is 9.22. The van der Waals surface area contributed by atoms with E-state index in [0.29, 0.717) is 13.0 Å². The first-order valence-corrected chi connectivity index (χ1v) is 4.67. The summed E-state index contributed by atoms with van der Waals surface area (Å²) in [7, 11) is 0. The molecule has 0 aliphatic rings. The molecule has 0 aromatic carbocycles. The Morgan fingerprint density at radius 2 is 2.07 bits per heavy atom. The topological polar surface area (TPSA) is 55.4 Å². The first-order chi connectivity index (χ1) is 6.35. The van der Waals surface area contributed by atoms with Crippen molar-refractivity contribution >= 4 is 12.4 Å². The van der Waals surface area contributed by atoms with E-state index in [9.17, 15) is 9.59 Å². The molecule has 0 aromatic rings. The predicted octanol–water partition coefficient (Wildman–Crippen LogP) is 1.01. The maximum absolute atomic E-state index is 11.3. The fraction of sp³-hybridized carbons (Fsp3) is 0.800. The number of carbonyl (C=O) groups excluding carboxylic acids is 2. The van der Waals surface area contributed by atoms with Crippen LogP contribution < -0.4 is 5.32 Å². The Morgan fingerprint density at radius 1 is 1.50 bits per heavy atom. The number of carbonyl (C=O) groups is 1. The minimum atomic E-state index is -0.443. The van der Waals surface area contributed by atoms with Crippen LogP contribution in [0.1, 0.15) is 34.1 Å². The second-order valence-electron chi connectivity index (χ2n) is 4.38. The summed E-state index contributed by atoms with van der Waals surface area (Å²) in [6.45, 7) is 7.80. The third-order valence-corrected chi connectivity index (χ3v) is 1.46. The molecule has 4 nitrogen and oxygen atoms in total. The molecule has 0 saturated carbocycles. The number of hydrogen-bond acceptors (Lipinski definition) is 3. The molecular formula is C10H18NO3. The molecule has 1 unspecified atom stereocenters. The summed E-state index contributed by atoms with van der Waals surface area (Å²) in [5.74, 6) is -0.163. The molecule has 1 amide bonds. The van der Waals surface area contributed by atoms with Gasteiger partial charge in [-0.3, -0.25) is 9.59 Å². The SMILES string of the molecule is CC(CN[C]=O)CC(=O)OC(C)(C)C. The molecule has 1 atom stereocenters. The summed E-state index contributed by atoms with van der Waals surface area (Å²) in [5, 5.41) is 2.40. The summed E-state index contributed by atoms with van der Waals surface area (Å²) in [6.07, 6.45) is 1.88. The van der Waals surface area contributed by atoms with Crippen molar-refractivity contribution in [3.63, 3.8) is 0 Å². The van der Waals surface area contributed by atoms with E-state index in [-0.39, 0.29) is 11.9 Å². The standard InChI is InChI=1S/C10H18NO3/c1-8(6-11-7-12)5-9(13)14-10(2,3)4/h8H,5-6H2,1-4H3,(H,11,12).